The number of methoxy groups -OCH3 is 1. The van der Waals surface area contributed by atoms with E-state index in [0.29, 0.717) is 11.2 Å². The van der Waals surface area contributed by atoms with Crippen LogP contribution in [0.15, 0.2) is 35.4 Å². The lowest BCUT2D eigenvalue weighted by Gasteiger charge is -2.33. The molecule has 0 radical (unpaired) electrons. The molecule has 3 aromatic heterocycles. The van der Waals surface area contributed by atoms with Gasteiger partial charge in [-0.25, -0.2) is 18.6 Å². The van der Waals surface area contributed by atoms with Crippen molar-refractivity contribution in [2.45, 2.75) is 38.3 Å². The van der Waals surface area contributed by atoms with Crippen LogP contribution in [0.3, 0.4) is 0 Å². The molecule has 11 heteroatoms. The van der Waals surface area contributed by atoms with E-state index < -0.39 is 5.92 Å². The maximum atomic E-state index is 13.4. The zero-order valence-electron chi connectivity index (χ0n) is 18.2. The number of amides is 1. The fourth-order valence-electron chi connectivity index (χ4n) is 4.43. The van der Waals surface area contributed by atoms with Gasteiger partial charge in [-0.1, -0.05) is 0 Å². The molecular weight excluding hydrogens is 434 g/mol. The predicted octanol–water partition coefficient (Wildman–Crippen LogP) is 2.45. The van der Waals surface area contributed by atoms with Gasteiger partial charge in [0.15, 0.2) is 5.65 Å². The van der Waals surface area contributed by atoms with E-state index in [1.807, 2.05) is 23.1 Å². The molecule has 2 aliphatic heterocycles. The van der Waals surface area contributed by atoms with Gasteiger partial charge >= 0.3 is 5.69 Å². The lowest BCUT2D eigenvalue weighted by atomic mass is 10.0. The highest BCUT2D eigenvalue weighted by Crippen LogP contribution is 2.33. The number of rotatable bonds is 4. The number of piperidine rings is 1. The molecule has 174 valence electrons. The minimum Gasteiger partial charge on any atom is -0.362 e. The molecule has 2 aliphatic rings. The largest absolute Gasteiger partial charge is 0.362 e. The molecule has 0 saturated carbocycles. The highest BCUT2D eigenvalue weighted by atomic mass is 19.3. The van der Waals surface area contributed by atoms with Crippen LogP contribution in [0, 0.1) is 0 Å². The highest BCUT2D eigenvalue weighted by molar-refractivity contribution is 5.94. The average molecular weight is 458 g/mol. The third-order valence-corrected chi connectivity index (χ3v) is 6.19. The summed E-state index contributed by atoms with van der Waals surface area (Å²) in [4.78, 5) is 33.3. The Labute approximate surface area is 188 Å². The van der Waals surface area contributed by atoms with Crippen molar-refractivity contribution in [1.82, 2.24) is 24.1 Å². The van der Waals surface area contributed by atoms with E-state index >= 15 is 0 Å². The first kappa shape index (κ1) is 21.5. The second-order valence-electron chi connectivity index (χ2n) is 8.42. The standard InChI is InChI=1S/C22H24F2N6O3/c1-33-14-30-21(32)29-8-4-17(12-18(29)26-30)28-7-2-3-15-11-16(13-25-19(15)28)20(31)27-9-5-22(23,24)6-10-27/h4,8,11-13H,2-3,5-7,9-10,14H2,1H3. The molecule has 5 rings (SSSR count). The first-order valence-corrected chi connectivity index (χ1v) is 10.9. The number of hydrogen-bond donors (Lipinski definition) is 0. The predicted molar refractivity (Wildman–Crippen MR) is 116 cm³/mol. The first-order chi connectivity index (χ1) is 15.9. The molecule has 3 aromatic rings. The molecule has 0 atom stereocenters. The fraction of sp³-hybridized carbons (Fsp3) is 0.455. The summed E-state index contributed by atoms with van der Waals surface area (Å²) in [6, 6.07) is 5.47. The Hall–Kier alpha value is -3.34. The van der Waals surface area contributed by atoms with Gasteiger partial charge in [-0.15, -0.1) is 5.10 Å². The van der Waals surface area contributed by atoms with Crippen molar-refractivity contribution in [3.8, 4) is 0 Å². The summed E-state index contributed by atoms with van der Waals surface area (Å²) >= 11 is 0. The number of nitrogens with zero attached hydrogens (tertiary/aromatic N) is 6. The number of hydrogen-bond acceptors (Lipinski definition) is 6. The Morgan fingerprint density at radius 1 is 1.21 bits per heavy atom. The van der Waals surface area contributed by atoms with E-state index in [4.69, 9.17) is 4.74 Å². The Kier molecular flexibility index (Phi) is 5.35. The van der Waals surface area contributed by atoms with Gasteiger partial charge in [0.2, 0.25) is 0 Å². The summed E-state index contributed by atoms with van der Waals surface area (Å²) in [5.74, 6) is -2.22. The average Bonchev–Trinajstić information content (AvgIpc) is 3.12. The molecule has 0 unspecified atom stereocenters. The number of carbonyl (C=O) groups excluding carboxylic acids is 1. The van der Waals surface area contributed by atoms with Crippen LogP contribution in [0.5, 0.6) is 0 Å². The summed E-state index contributed by atoms with van der Waals surface area (Å²) in [5, 5.41) is 4.30. The minimum atomic E-state index is -2.70. The van der Waals surface area contributed by atoms with Crippen molar-refractivity contribution >= 4 is 23.1 Å². The molecule has 1 amide bonds. The number of aryl methyl sites for hydroxylation is 1. The van der Waals surface area contributed by atoms with Crippen molar-refractivity contribution in [1.29, 1.82) is 0 Å². The van der Waals surface area contributed by atoms with Crippen LogP contribution < -0.4 is 10.6 Å². The molecule has 9 nitrogen and oxygen atoms in total. The van der Waals surface area contributed by atoms with Crippen molar-refractivity contribution in [2.75, 3.05) is 31.6 Å². The monoisotopic (exact) mass is 458 g/mol. The number of ether oxygens (including phenoxy) is 1. The third-order valence-electron chi connectivity index (χ3n) is 6.19. The summed E-state index contributed by atoms with van der Waals surface area (Å²) in [5.41, 5.74) is 2.39. The number of fused-ring (bicyclic) bond motifs is 2. The second-order valence-corrected chi connectivity index (χ2v) is 8.42. The highest BCUT2D eigenvalue weighted by Gasteiger charge is 2.36. The number of pyridine rings is 2. The van der Waals surface area contributed by atoms with Gasteiger partial charge in [0.05, 0.1) is 5.56 Å². The second kappa shape index (κ2) is 8.22. The molecule has 0 bridgehead atoms. The lowest BCUT2D eigenvalue weighted by Crippen LogP contribution is -2.42. The van der Waals surface area contributed by atoms with Crippen LogP contribution in [-0.2, 0) is 17.9 Å². The van der Waals surface area contributed by atoms with Gasteiger partial charge in [-0.05, 0) is 30.5 Å². The topological polar surface area (TPSA) is 85.0 Å². The molecule has 0 aliphatic carbocycles. The maximum Gasteiger partial charge on any atom is 0.352 e. The number of anilines is 2. The SMILES string of the molecule is COCn1nc2cc(N3CCCc4cc(C(=O)N5CCC(F)(F)CC5)cnc43)ccn2c1=O. The molecule has 0 N–H and O–H groups in total. The number of alkyl halides is 2. The molecule has 0 spiro atoms. The van der Waals surface area contributed by atoms with Crippen LogP contribution in [0.1, 0.15) is 35.2 Å². The molecule has 33 heavy (non-hydrogen) atoms. The van der Waals surface area contributed by atoms with Gasteiger partial charge in [-0.2, -0.15) is 4.68 Å². The van der Waals surface area contributed by atoms with Gasteiger partial charge < -0.3 is 14.5 Å². The van der Waals surface area contributed by atoms with E-state index in [1.54, 1.807) is 6.20 Å². The zero-order valence-corrected chi connectivity index (χ0v) is 18.2. The van der Waals surface area contributed by atoms with Gasteiger partial charge in [0.1, 0.15) is 12.5 Å². The number of likely N-dealkylation sites (tertiary alicyclic amines) is 1. The van der Waals surface area contributed by atoms with Gasteiger partial charge in [-0.3, -0.25) is 9.20 Å². The Morgan fingerprint density at radius 2 is 2.00 bits per heavy atom. The zero-order chi connectivity index (χ0) is 23.2. The lowest BCUT2D eigenvalue weighted by molar-refractivity contribution is -0.0494. The molecule has 1 saturated heterocycles. The van der Waals surface area contributed by atoms with Crippen LogP contribution >= 0.6 is 0 Å². The van der Waals surface area contributed by atoms with Crippen molar-refractivity contribution in [2.24, 2.45) is 0 Å². The normalized spacial score (nSPS) is 17.9. The van der Waals surface area contributed by atoms with Gasteiger partial charge in [0.25, 0.3) is 11.8 Å². The molecule has 0 aromatic carbocycles. The van der Waals surface area contributed by atoms with Crippen molar-refractivity contribution in [3.05, 3.63) is 52.2 Å². The Balaban J connectivity index is 1.42. The Morgan fingerprint density at radius 3 is 2.76 bits per heavy atom. The summed E-state index contributed by atoms with van der Waals surface area (Å²) in [7, 11) is 1.50. The molecule has 1 fully saturated rings. The smallest absolute Gasteiger partial charge is 0.352 e. The molecule has 5 heterocycles. The number of carbonyl (C=O) groups is 1. The van der Waals surface area contributed by atoms with Crippen molar-refractivity contribution < 1.29 is 18.3 Å². The van der Waals surface area contributed by atoms with Crippen LogP contribution in [0.25, 0.3) is 5.65 Å². The van der Waals surface area contributed by atoms with Gasteiger partial charge in [0, 0.05) is 63.7 Å². The van der Waals surface area contributed by atoms with Crippen LogP contribution in [0.2, 0.25) is 0 Å². The van der Waals surface area contributed by atoms with Crippen LogP contribution in [-0.4, -0.2) is 62.6 Å². The van der Waals surface area contributed by atoms with E-state index in [9.17, 15) is 18.4 Å². The van der Waals surface area contributed by atoms with Crippen molar-refractivity contribution in [3.63, 3.8) is 0 Å². The summed E-state index contributed by atoms with van der Waals surface area (Å²) in [6.07, 6.45) is 4.20. The fourth-order valence-corrected chi connectivity index (χ4v) is 4.43. The Bertz CT molecular complexity index is 1260. The van der Waals surface area contributed by atoms with E-state index in [0.717, 1.165) is 36.5 Å². The quantitative estimate of drug-likeness (QED) is 0.597. The summed E-state index contributed by atoms with van der Waals surface area (Å²) in [6.45, 7) is 0.886. The minimum absolute atomic E-state index is 0.0458. The van der Waals surface area contributed by atoms with E-state index in [1.165, 1.54) is 27.3 Å². The number of aromatic nitrogens is 4. The maximum absolute atomic E-state index is 13.4. The van der Waals surface area contributed by atoms with E-state index in [-0.39, 0.29) is 44.3 Å². The number of halogens is 2. The molecular formula is C22H24F2N6O3. The van der Waals surface area contributed by atoms with Crippen LogP contribution in [0.4, 0.5) is 20.3 Å². The summed E-state index contributed by atoms with van der Waals surface area (Å²) < 4.78 is 34.6. The third kappa shape index (κ3) is 3.97. The van der Waals surface area contributed by atoms with E-state index in [2.05, 4.69) is 10.1 Å². The first-order valence-electron chi connectivity index (χ1n) is 10.9.